The lowest BCUT2D eigenvalue weighted by molar-refractivity contribution is 0.0692. The number of carbonyl (C=O) groups is 1. The van der Waals surface area contributed by atoms with Crippen molar-refractivity contribution in [3.05, 3.63) is 52.8 Å². The minimum absolute atomic E-state index is 0.136. The molecule has 1 aromatic carbocycles. The molecule has 0 radical (unpaired) electrons. The molecular formula is C19H18BrN5O3. The quantitative estimate of drug-likeness (QED) is 0.396. The Bertz CT molecular complexity index is 989. The molecule has 2 heterocycles. The first-order valence-electron chi connectivity index (χ1n) is 8.56. The number of halogens is 1. The smallest absolute Gasteiger partial charge is 0.339 e. The molecule has 0 aliphatic heterocycles. The molecule has 2 aromatic heterocycles. The van der Waals surface area contributed by atoms with Gasteiger partial charge in [-0.05, 0) is 49.9 Å². The van der Waals surface area contributed by atoms with Crippen LogP contribution in [0, 0.1) is 0 Å². The van der Waals surface area contributed by atoms with E-state index in [-0.39, 0.29) is 5.56 Å². The van der Waals surface area contributed by atoms with Gasteiger partial charge in [-0.3, -0.25) is 0 Å². The predicted molar refractivity (Wildman–Crippen MR) is 108 cm³/mol. The van der Waals surface area contributed by atoms with Crippen molar-refractivity contribution in [2.24, 2.45) is 4.99 Å². The van der Waals surface area contributed by atoms with Crippen LogP contribution in [0.25, 0.3) is 11.5 Å². The molecule has 3 rings (SSSR count). The van der Waals surface area contributed by atoms with Crippen LogP contribution in [0.3, 0.4) is 0 Å². The normalized spacial score (nSPS) is 10.6. The molecule has 1 N–H and O–H groups in total. The fraction of sp³-hybridized carbons (Fsp3) is 0.211. The van der Waals surface area contributed by atoms with Gasteiger partial charge in [0.05, 0.1) is 6.61 Å². The second kappa shape index (κ2) is 9.23. The molecule has 3 aromatic rings. The fourth-order valence-electron chi connectivity index (χ4n) is 2.61. The Balaban J connectivity index is 1.55. The Labute approximate surface area is 170 Å². The van der Waals surface area contributed by atoms with Crippen LogP contribution in [0.5, 0.6) is 5.75 Å². The molecule has 0 saturated heterocycles. The SMILES string of the molecule is C=Nc1cccc(-c2nncn2CCCCOc2ccc(Br)cc2C(=O)O)n1. The maximum atomic E-state index is 11.3. The number of hydrogen-bond donors (Lipinski definition) is 1. The predicted octanol–water partition coefficient (Wildman–Crippen LogP) is 3.99. The van der Waals surface area contributed by atoms with Gasteiger partial charge < -0.3 is 14.4 Å². The zero-order valence-electron chi connectivity index (χ0n) is 15.0. The molecule has 0 saturated carbocycles. The molecule has 144 valence electrons. The number of unbranched alkanes of at least 4 members (excludes halogenated alkanes) is 1. The third-order valence-electron chi connectivity index (χ3n) is 3.96. The number of nitrogens with zero attached hydrogens (tertiary/aromatic N) is 5. The van der Waals surface area contributed by atoms with Crippen LogP contribution in [0.2, 0.25) is 0 Å². The van der Waals surface area contributed by atoms with Gasteiger partial charge in [-0.1, -0.05) is 22.0 Å². The van der Waals surface area contributed by atoms with Gasteiger partial charge in [0.25, 0.3) is 0 Å². The van der Waals surface area contributed by atoms with Gasteiger partial charge >= 0.3 is 5.97 Å². The number of hydrogen-bond acceptors (Lipinski definition) is 6. The second-order valence-corrected chi connectivity index (χ2v) is 6.80. The second-order valence-electron chi connectivity index (χ2n) is 5.89. The van der Waals surface area contributed by atoms with Crippen LogP contribution in [-0.2, 0) is 6.54 Å². The lowest BCUT2D eigenvalue weighted by Crippen LogP contribution is -2.06. The number of aryl methyl sites for hydroxylation is 1. The Hall–Kier alpha value is -3.07. The summed E-state index contributed by atoms with van der Waals surface area (Å²) in [5.41, 5.74) is 0.817. The van der Waals surface area contributed by atoms with Crippen LogP contribution in [0.1, 0.15) is 23.2 Å². The van der Waals surface area contributed by atoms with Crippen molar-refractivity contribution in [3.63, 3.8) is 0 Å². The summed E-state index contributed by atoms with van der Waals surface area (Å²) in [6, 6.07) is 10.4. The number of ether oxygens (including phenoxy) is 1. The minimum atomic E-state index is -1.02. The van der Waals surface area contributed by atoms with Gasteiger partial charge in [0.15, 0.2) is 11.6 Å². The summed E-state index contributed by atoms with van der Waals surface area (Å²) in [7, 11) is 0. The van der Waals surface area contributed by atoms with Crippen molar-refractivity contribution in [3.8, 4) is 17.3 Å². The van der Waals surface area contributed by atoms with Crippen LogP contribution < -0.4 is 4.74 Å². The third-order valence-corrected chi connectivity index (χ3v) is 4.46. The summed E-state index contributed by atoms with van der Waals surface area (Å²) in [5.74, 6) is 0.532. The summed E-state index contributed by atoms with van der Waals surface area (Å²) in [6.07, 6.45) is 3.21. The Morgan fingerprint density at radius 2 is 2.14 bits per heavy atom. The lowest BCUT2D eigenvalue weighted by atomic mass is 10.2. The first-order valence-corrected chi connectivity index (χ1v) is 9.35. The Morgan fingerprint density at radius 1 is 1.29 bits per heavy atom. The highest BCUT2D eigenvalue weighted by atomic mass is 79.9. The Kier molecular flexibility index (Phi) is 6.49. The largest absolute Gasteiger partial charge is 0.493 e. The van der Waals surface area contributed by atoms with Crippen molar-refractivity contribution >= 4 is 34.4 Å². The summed E-state index contributed by atoms with van der Waals surface area (Å²) >= 11 is 3.27. The van der Waals surface area contributed by atoms with Crippen molar-refractivity contribution in [1.29, 1.82) is 0 Å². The number of carboxylic acid groups (broad SMARTS) is 1. The molecule has 0 unspecified atom stereocenters. The van der Waals surface area contributed by atoms with Crippen molar-refractivity contribution in [2.45, 2.75) is 19.4 Å². The van der Waals surface area contributed by atoms with E-state index in [1.165, 1.54) is 6.07 Å². The van der Waals surface area contributed by atoms with Gasteiger partial charge in [-0.15, -0.1) is 10.2 Å². The van der Waals surface area contributed by atoms with E-state index in [9.17, 15) is 9.90 Å². The minimum Gasteiger partial charge on any atom is -0.493 e. The number of rotatable bonds is 9. The number of carboxylic acids is 1. The standard InChI is InChI=1S/C19H18BrN5O3/c1-21-17-6-4-5-15(23-17)18-24-22-12-25(18)9-2-3-10-28-16-8-7-13(20)11-14(16)19(26)27/h4-8,11-12H,1-3,9-10H2,(H,26,27). The van der Waals surface area contributed by atoms with E-state index < -0.39 is 5.97 Å². The van der Waals surface area contributed by atoms with E-state index in [0.29, 0.717) is 40.7 Å². The van der Waals surface area contributed by atoms with Gasteiger partial charge in [-0.25, -0.2) is 14.8 Å². The molecule has 0 bridgehead atoms. The van der Waals surface area contributed by atoms with Gasteiger partial charge in [0.1, 0.15) is 23.3 Å². The first kappa shape index (κ1) is 19.7. The number of aliphatic imine (C=N–C) groups is 1. The van der Waals surface area contributed by atoms with E-state index in [1.807, 2.05) is 16.7 Å². The summed E-state index contributed by atoms with van der Waals surface area (Å²) in [4.78, 5) is 19.5. The molecule has 0 fully saturated rings. The van der Waals surface area contributed by atoms with Crippen LogP contribution >= 0.6 is 15.9 Å². The zero-order chi connectivity index (χ0) is 19.9. The average molecular weight is 444 g/mol. The molecule has 28 heavy (non-hydrogen) atoms. The number of pyridine rings is 1. The number of aromatic nitrogens is 4. The number of aromatic carboxylic acids is 1. The number of benzene rings is 1. The van der Waals surface area contributed by atoms with E-state index in [4.69, 9.17) is 4.74 Å². The molecular weight excluding hydrogens is 426 g/mol. The highest BCUT2D eigenvalue weighted by Crippen LogP contribution is 2.23. The first-order chi connectivity index (χ1) is 13.6. The van der Waals surface area contributed by atoms with Crippen LogP contribution in [0.4, 0.5) is 5.82 Å². The summed E-state index contributed by atoms with van der Waals surface area (Å²) in [6.45, 7) is 4.58. The van der Waals surface area contributed by atoms with Gasteiger partial charge in [0, 0.05) is 11.0 Å². The van der Waals surface area contributed by atoms with Crippen molar-refractivity contribution in [1.82, 2.24) is 19.7 Å². The highest BCUT2D eigenvalue weighted by molar-refractivity contribution is 9.10. The zero-order valence-corrected chi connectivity index (χ0v) is 16.5. The average Bonchev–Trinajstić information content (AvgIpc) is 3.17. The van der Waals surface area contributed by atoms with E-state index in [2.05, 4.69) is 42.8 Å². The fourth-order valence-corrected chi connectivity index (χ4v) is 2.98. The van der Waals surface area contributed by atoms with Crippen LogP contribution in [0.15, 0.2) is 52.2 Å². The topological polar surface area (TPSA) is 102 Å². The molecule has 0 atom stereocenters. The molecule has 0 aliphatic rings. The molecule has 9 heteroatoms. The van der Waals surface area contributed by atoms with E-state index in [1.54, 1.807) is 24.5 Å². The Morgan fingerprint density at radius 3 is 2.93 bits per heavy atom. The van der Waals surface area contributed by atoms with Gasteiger partial charge in [-0.2, -0.15) is 0 Å². The molecule has 0 spiro atoms. The van der Waals surface area contributed by atoms with Gasteiger partial charge in [0.2, 0.25) is 0 Å². The lowest BCUT2D eigenvalue weighted by Gasteiger charge is -2.10. The van der Waals surface area contributed by atoms with E-state index in [0.717, 1.165) is 12.8 Å². The van der Waals surface area contributed by atoms with E-state index >= 15 is 0 Å². The summed E-state index contributed by atoms with van der Waals surface area (Å²) < 4.78 is 8.25. The maximum Gasteiger partial charge on any atom is 0.339 e. The third kappa shape index (κ3) is 4.80. The maximum absolute atomic E-state index is 11.3. The molecule has 0 amide bonds. The van der Waals surface area contributed by atoms with Crippen molar-refractivity contribution in [2.75, 3.05) is 6.61 Å². The molecule has 0 aliphatic carbocycles. The molecule has 8 nitrogen and oxygen atoms in total. The highest BCUT2D eigenvalue weighted by Gasteiger charge is 2.12. The summed E-state index contributed by atoms with van der Waals surface area (Å²) in [5, 5.41) is 17.4. The van der Waals surface area contributed by atoms with Crippen molar-refractivity contribution < 1.29 is 14.6 Å². The van der Waals surface area contributed by atoms with Crippen LogP contribution in [-0.4, -0.2) is 44.1 Å². The monoisotopic (exact) mass is 443 g/mol.